The van der Waals surface area contributed by atoms with E-state index in [-0.39, 0.29) is 6.23 Å². The van der Waals surface area contributed by atoms with Gasteiger partial charge in [0, 0.05) is 51.0 Å². The van der Waals surface area contributed by atoms with Gasteiger partial charge in [-0.2, -0.15) is 0 Å². The summed E-state index contributed by atoms with van der Waals surface area (Å²) in [5, 5.41) is 3.37. The smallest absolute Gasteiger partial charge is 0.200 e. The number of ether oxygens (including phenoxy) is 2. The molecule has 0 aliphatic carbocycles. The van der Waals surface area contributed by atoms with Crippen LogP contribution in [0.2, 0.25) is 0 Å². The van der Waals surface area contributed by atoms with E-state index in [9.17, 15) is 0 Å². The normalized spacial score (nSPS) is 17.5. The van der Waals surface area contributed by atoms with Crippen molar-refractivity contribution in [2.75, 3.05) is 78.2 Å². The minimum atomic E-state index is -0.125. The van der Waals surface area contributed by atoms with Crippen LogP contribution in [0.25, 0.3) is 6.08 Å². The second kappa shape index (κ2) is 17.0. The van der Waals surface area contributed by atoms with Crippen molar-refractivity contribution in [2.24, 2.45) is 0 Å². The summed E-state index contributed by atoms with van der Waals surface area (Å²) in [6.45, 7) is 6.81. The van der Waals surface area contributed by atoms with Crippen molar-refractivity contribution < 1.29 is 23.0 Å². The lowest BCUT2D eigenvalue weighted by atomic mass is 10.2. The Labute approximate surface area is 311 Å². The van der Waals surface area contributed by atoms with Crippen molar-refractivity contribution in [1.82, 2.24) is 4.90 Å². The SMILES string of the molecule is CN1C(=CC=Cc2cc[n+](CCC[N+](C)(C)CCC[N+](C)(C)CCCN3C=CC(=CC=CC4Nc5ccccc5O4)C=C3)cc2)Oc2ccccc21. The summed E-state index contributed by atoms with van der Waals surface area (Å²) in [6, 6.07) is 20.5. The molecule has 3 aromatic rings. The van der Waals surface area contributed by atoms with E-state index in [1.807, 2.05) is 61.7 Å². The predicted octanol–water partition coefficient (Wildman–Crippen LogP) is 7.34. The highest BCUT2D eigenvalue weighted by Crippen LogP contribution is 2.37. The first-order chi connectivity index (χ1) is 25.1. The third-order valence-corrected chi connectivity index (χ3v) is 10.0. The molecule has 0 fully saturated rings. The van der Waals surface area contributed by atoms with Gasteiger partial charge in [-0.3, -0.25) is 0 Å². The number of nitrogens with one attached hydrogen (secondary N) is 1. The van der Waals surface area contributed by atoms with Crippen LogP contribution in [-0.2, 0) is 6.54 Å². The van der Waals surface area contributed by atoms with Gasteiger partial charge in [-0.05, 0) is 59.7 Å². The second-order valence-electron chi connectivity index (χ2n) is 15.3. The Hall–Kier alpha value is -5.05. The molecule has 1 unspecified atom stereocenters. The maximum Gasteiger partial charge on any atom is 0.200 e. The molecule has 8 nitrogen and oxygen atoms in total. The minimum absolute atomic E-state index is 0.125. The van der Waals surface area contributed by atoms with Crippen molar-refractivity contribution >= 4 is 17.5 Å². The number of rotatable bonds is 16. The number of para-hydroxylation sites is 4. The van der Waals surface area contributed by atoms with Gasteiger partial charge in [0.15, 0.2) is 36.8 Å². The third kappa shape index (κ3) is 10.5. The second-order valence-corrected chi connectivity index (χ2v) is 15.3. The van der Waals surface area contributed by atoms with Gasteiger partial charge < -0.3 is 33.6 Å². The molecule has 52 heavy (non-hydrogen) atoms. The van der Waals surface area contributed by atoms with Crippen LogP contribution >= 0.6 is 0 Å². The first kappa shape index (κ1) is 36.7. The van der Waals surface area contributed by atoms with Crippen molar-refractivity contribution in [2.45, 2.75) is 32.0 Å². The van der Waals surface area contributed by atoms with Gasteiger partial charge in [-0.25, -0.2) is 4.57 Å². The van der Waals surface area contributed by atoms with Crippen LogP contribution in [0.4, 0.5) is 11.4 Å². The monoisotopic (exact) mass is 701 g/mol. The van der Waals surface area contributed by atoms with Gasteiger partial charge in [-0.1, -0.05) is 48.6 Å². The van der Waals surface area contributed by atoms with Crippen molar-refractivity contribution in [1.29, 1.82) is 0 Å². The highest BCUT2D eigenvalue weighted by atomic mass is 16.5. The number of hydrogen-bond acceptors (Lipinski definition) is 5. The Morgan fingerprint density at radius 3 is 2.17 bits per heavy atom. The molecule has 0 saturated carbocycles. The van der Waals surface area contributed by atoms with E-state index < -0.39 is 0 Å². The van der Waals surface area contributed by atoms with Gasteiger partial charge in [0.2, 0.25) is 0 Å². The van der Waals surface area contributed by atoms with Crippen molar-refractivity contribution in [3.05, 3.63) is 145 Å². The van der Waals surface area contributed by atoms with Gasteiger partial charge in [0.1, 0.15) is 5.75 Å². The van der Waals surface area contributed by atoms with Gasteiger partial charge in [0.05, 0.1) is 72.2 Å². The Kier molecular flexibility index (Phi) is 12.0. The fourth-order valence-electron chi connectivity index (χ4n) is 6.84. The van der Waals surface area contributed by atoms with Gasteiger partial charge >= 0.3 is 0 Å². The van der Waals surface area contributed by atoms with Crippen LogP contribution in [0.3, 0.4) is 0 Å². The lowest BCUT2D eigenvalue weighted by Gasteiger charge is -2.34. The van der Waals surface area contributed by atoms with Gasteiger partial charge in [0.25, 0.3) is 0 Å². The minimum Gasteiger partial charge on any atom is -0.465 e. The molecule has 3 aliphatic heterocycles. The summed E-state index contributed by atoms with van der Waals surface area (Å²) in [7, 11) is 11.5. The summed E-state index contributed by atoms with van der Waals surface area (Å²) in [6.07, 6.45) is 29.0. The van der Waals surface area contributed by atoms with Gasteiger partial charge in [-0.15, -0.1) is 0 Å². The molecule has 0 saturated heterocycles. The zero-order valence-electron chi connectivity index (χ0n) is 31.7. The summed E-state index contributed by atoms with van der Waals surface area (Å²) in [5.41, 5.74) is 4.50. The van der Waals surface area contributed by atoms with Crippen LogP contribution < -0.4 is 24.3 Å². The quantitative estimate of drug-likeness (QED) is 0.125. The third-order valence-electron chi connectivity index (χ3n) is 10.0. The number of allylic oxidation sites excluding steroid dienone is 7. The summed E-state index contributed by atoms with van der Waals surface area (Å²) >= 11 is 0. The predicted molar refractivity (Wildman–Crippen MR) is 213 cm³/mol. The van der Waals surface area contributed by atoms with Crippen LogP contribution in [0, 0.1) is 0 Å². The number of fused-ring (bicyclic) bond motifs is 2. The van der Waals surface area contributed by atoms with Crippen molar-refractivity contribution in [3.63, 3.8) is 0 Å². The van der Waals surface area contributed by atoms with Crippen LogP contribution in [-0.4, -0.2) is 88.1 Å². The maximum atomic E-state index is 5.97. The standard InChI is InChI=1S/C44H57N6O2/c1-46-40-18-7-9-20-42(40)52-44(46)22-11-16-38-25-31-48(32-26-38)28-13-34-50(4,5)36-14-35-49(2,3)33-12-27-47-29-23-37(24-30-47)15-10-21-43-45-39-17-6-8-19-41(39)51-43/h6-11,15-26,29-32,43,45H,12-14,27-28,33-36H2,1-5H3/q+3. The molecule has 1 aromatic heterocycles. The zero-order chi connectivity index (χ0) is 36.4. The molecular weight excluding hydrogens is 645 g/mol. The molecule has 1 atom stereocenters. The van der Waals surface area contributed by atoms with Crippen LogP contribution in [0.1, 0.15) is 24.8 Å². The highest BCUT2D eigenvalue weighted by molar-refractivity contribution is 5.66. The molecule has 0 amide bonds. The number of benzene rings is 2. The first-order valence-corrected chi connectivity index (χ1v) is 18.7. The highest BCUT2D eigenvalue weighted by Gasteiger charge is 2.22. The number of anilines is 2. The fourth-order valence-corrected chi connectivity index (χ4v) is 6.84. The molecule has 1 N–H and O–H groups in total. The molecule has 3 aliphatic rings. The molecular formula is C44H57N6O2+3. The Morgan fingerprint density at radius 2 is 1.44 bits per heavy atom. The number of aromatic nitrogens is 1. The van der Waals surface area contributed by atoms with Crippen LogP contribution in [0.15, 0.2) is 139 Å². The molecule has 0 spiro atoms. The van der Waals surface area contributed by atoms with E-state index in [0.29, 0.717) is 0 Å². The molecule has 0 bridgehead atoms. The number of quaternary nitrogens is 2. The van der Waals surface area contributed by atoms with E-state index in [0.717, 1.165) is 63.7 Å². The topological polar surface area (TPSA) is 40.9 Å². The molecule has 8 heteroatoms. The average Bonchev–Trinajstić information content (AvgIpc) is 3.69. The summed E-state index contributed by atoms with van der Waals surface area (Å²) in [4.78, 5) is 4.37. The lowest BCUT2D eigenvalue weighted by molar-refractivity contribution is -0.910. The number of pyridine rings is 1. The molecule has 272 valence electrons. The number of nitrogens with zero attached hydrogens (tertiary/aromatic N) is 5. The maximum absolute atomic E-state index is 5.97. The zero-order valence-corrected chi connectivity index (χ0v) is 31.7. The largest absolute Gasteiger partial charge is 0.465 e. The Balaban J connectivity index is 0.831. The van der Waals surface area contributed by atoms with Crippen molar-refractivity contribution in [3.8, 4) is 11.5 Å². The van der Waals surface area contributed by atoms with E-state index in [2.05, 4.69) is 127 Å². The van der Waals surface area contributed by atoms with E-state index >= 15 is 0 Å². The number of aryl methyl sites for hydroxylation is 1. The molecule has 2 aromatic carbocycles. The average molecular weight is 702 g/mol. The Morgan fingerprint density at radius 1 is 0.769 bits per heavy atom. The fraction of sp³-hybridized carbons (Fsp3) is 0.341. The molecule has 0 radical (unpaired) electrons. The first-order valence-electron chi connectivity index (χ1n) is 18.7. The lowest BCUT2D eigenvalue weighted by Crippen LogP contribution is -2.47. The Bertz CT molecular complexity index is 1790. The molecule has 4 heterocycles. The van der Waals surface area contributed by atoms with E-state index in [1.54, 1.807) is 0 Å². The summed E-state index contributed by atoms with van der Waals surface area (Å²) < 4.78 is 16.3. The molecule has 6 rings (SSSR count). The van der Waals surface area contributed by atoms with E-state index in [1.165, 1.54) is 43.7 Å². The summed E-state index contributed by atoms with van der Waals surface area (Å²) in [5.74, 6) is 2.64. The number of hydrogen-bond donors (Lipinski definition) is 1. The van der Waals surface area contributed by atoms with E-state index in [4.69, 9.17) is 9.47 Å². The van der Waals surface area contributed by atoms with Crippen LogP contribution in [0.5, 0.6) is 11.5 Å².